The number of aliphatic hydroxyl groups excluding tert-OH is 2. The Labute approximate surface area is 181 Å². The van der Waals surface area contributed by atoms with Crippen molar-refractivity contribution in [3.05, 3.63) is 52.6 Å². The van der Waals surface area contributed by atoms with Crippen molar-refractivity contribution in [2.45, 2.75) is 32.5 Å². The number of anilines is 1. The Morgan fingerprint density at radius 2 is 1.81 bits per heavy atom. The Morgan fingerprint density at radius 1 is 1.16 bits per heavy atom. The van der Waals surface area contributed by atoms with Gasteiger partial charge < -0.3 is 35.4 Å². The molecular formula is C19H22N4O9. The number of aliphatic hydroxyl groups is 2. The molecule has 0 aliphatic heterocycles. The molecule has 0 bridgehead atoms. The number of ether oxygens (including phenoxy) is 3. The first-order chi connectivity index (χ1) is 15.2. The van der Waals surface area contributed by atoms with Crippen molar-refractivity contribution in [3.8, 4) is 5.75 Å². The molecule has 1 aromatic heterocycles. The van der Waals surface area contributed by atoms with Gasteiger partial charge in [-0.05, 0) is 42.8 Å². The molecule has 1 aromatic carbocycles. The van der Waals surface area contributed by atoms with Gasteiger partial charge in [0.05, 0.1) is 18.6 Å². The van der Waals surface area contributed by atoms with Crippen LogP contribution in [0, 0.1) is 0 Å². The number of esters is 2. The number of hydrogen-bond acceptors (Lipinski definition) is 12. The van der Waals surface area contributed by atoms with Gasteiger partial charge in [-0.1, -0.05) is 5.16 Å². The van der Waals surface area contributed by atoms with Gasteiger partial charge in [-0.25, -0.2) is 9.36 Å². The Balaban J connectivity index is 1.72. The zero-order valence-electron chi connectivity index (χ0n) is 17.0. The van der Waals surface area contributed by atoms with Crippen LogP contribution in [0.1, 0.15) is 31.7 Å². The number of benzene rings is 1. The van der Waals surface area contributed by atoms with Gasteiger partial charge in [-0.2, -0.15) is 4.98 Å². The Bertz CT molecular complexity index is 1020. The zero-order valence-corrected chi connectivity index (χ0v) is 17.0. The molecule has 172 valence electrons. The van der Waals surface area contributed by atoms with Crippen LogP contribution in [0.2, 0.25) is 0 Å². The first-order valence-corrected chi connectivity index (χ1v) is 9.21. The lowest BCUT2D eigenvalue weighted by atomic mass is 10.1. The van der Waals surface area contributed by atoms with Crippen molar-refractivity contribution in [2.24, 2.45) is 5.16 Å². The van der Waals surface area contributed by atoms with E-state index in [2.05, 4.69) is 10.1 Å². The highest BCUT2D eigenvalue weighted by atomic mass is 16.7. The number of nitrogen functional groups attached to an aromatic ring is 1. The van der Waals surface area contributed by atoms with E-state index in [1.165, 1.54) is 18.2 Å². The van der Waals surface area contributed by atoms with E-state index in [4.69, 9.17) is 25.2 Å². The molecule has 0 fully saturated rings. The molecule has 2 atom stereocenters. The fraction of sp³-hybridized carbons (Fsp3) is 0.316. The van der Waals surface area contributed by atoms with E-state index in [0.717, 1.165) is 6.20 Å². The van der Waals surface area contributed by atoms with Crippen LogP contribution in [0.3, 0.4) is 0 Å². The maximum atomic E-state index is 11.8. The van der Waals surface area contributed by atoms with Crippen molar-refractivity contribution >= 4 is 23.5 Å². The standard InChI is InChI=1S/C19H22N4O9/c1-11(22-29)12-2-4-13(5-3-12)31-16(25)7-6-15(24)30-10-17(26)32-19(28)23-9-8-14(20)21-18(23)27/h2-5,8-9,17,19,26,28-29H,6-7,10H2,1H3,(H2,20,21,27)/b22-11+. The summed E-state index contributed by atoms with van der Waals surface area (Å²) in [6.45, 7) is 0.944. The van der Waals surface area contributed by atoms with E-state index in [9.17, 15) is 24.6 Å². The third kappa shape index (κ3) is 7.46. The summed E-state index contributed by atoms with van der Waals surface area (Å²) in [6.07, 6.45) is -3.16. The minimum atomic E-state index is -1.89. The quantitative estimate of drug-likeness (QED) is 0.0929. The van der Waals surface area contributed by atoms with Crippen LogP contribution < -0.4 is 16.2 Å². The summed E-state index contributed by atoms with van der Waals surface area (Å²) >= 11 is 0. The van der Waals surface area contributed by atoms with Crippen molar-refractivity contribution in [2.75, 3.05) is 12.3 Å². The fourth-order valence-electron chi connectivity index (χ4n) is 2.28. The van der Waals surface area contributed by atoms with Gasteiger partial charge >= 0.3 is 17.6 Å². The van der Waals surface area contributed by atoms with Gasteiger partial charge in [-0.3, -0.25) is 9.59 Å². The van der Waals surface area contributed by atoms with Crippen molar-refractivity contribution < 1.29 is 39.2 Å². The van der Waals surface area contributed by atoms with Crippen molar-refractivity contribution in [1.82, 2.24) is 9.55 Å². The number of aromatic nitrogens is 2. The second kappa shape index (κ2) is 11.5. The van der Waals surface area contributed by atoms with E-state index in [-0.39, 0.29) is 24.4 Å². The maximum Gasteiger partial charge on any atom is 0.353 e. The minimum absolute atomic E-state index is 0.0604. The summed E-state index contributed by atoms with van der Waals surface area (Å²) in [5.41, 5.74) is 5.44. The number of carbonyl (C=O) groups is 2. The normalized spacial score (nSPS) is 13.3. The van der Waals surface area contributed by atoms with Crippen molar-refractivity contribution in [1.29, 1.82) is 0 Å². The first-order valence-electron chi connectivity index (χ1n) is 9.21. The van der Waals surface area contributed by atoms with E-state index < -0.39 is 36.9 Å². The Kier molecular flexibility index (Phi) is 8.83. The van der Waals surface area contributed by atoms with Crippen LogP contribution in [0.25, 0.3) is 0 Å². The molecule has 13 heteroatoms. The van der Waals surface area contributed by atoms with Gasteiger partial charge in [0.2, 0.25) is 6.41 Å². The number of carbonyl (C=O) groups excluding carboxylic acids is 2. The molecule has 13 nitrogen and oxygen atoms in total. The molecule has 5 N–H and O–H groups in total. The van der Waals surface area contributed by atoms with Crippen LogP contribution in [-0.4, -0.2) is 55.5 Å². The monoisotopic (exact) mass is 450 g/mol. The third-order valence-electron chi connectivity index (χ3n) is 3.94. The summed E-state index contributed by atoms with van der Waals surface area (Å²) in [4.78, 5) is 38.5. The largest absolute Gasteiger partial charge is 0.460 e. The minimum Gasteiger partial charge on any atom is -0.460 e. The molecule has 2 unspecified atom stereocenters. The van der Waals surface area contributed by atoms with E-state index in [1.54, 1.807) is 19.1 Å². The summed E-state index contributed by atoms with van der Waals surface area (Å²) < 4.78 is 15.2. The second-order valence-corrected chi connectivity index (χ2v) is 6.33. The molecule has 0 saturated heterocycles. The van der Waals surface area contributed by atoms with E-state index in [1.807, 2.05) is 0 Å². The van der Waals surface area contributed by atoms with Gasteiger partial charge in [0.25, 0.3) is 0 Å². The predicted octanol–water partition coefficient (Wildman–Crippen LogP) is -0.264. The maximum absolute atomic E-state index is 11.8. The molecule has 0 saturated carbocycles. The molecule has 0 amide bonds. The van der Waals surface area contributed by atoms with Gasteiger partial charge in [0, 0.05) is 6.20 Å². The van der Waals surface area contributed by atoms with Gasteiger partial charge in [-0.15, -0.1) is 0 Å². The molecule has 2 rings (SSSR count). The molecule has 32 heavy (non-hydrogen) atoms. The van der Waals surface area contributed by atoms with Crippen LogP contribution in [0.4, 0.5) is 5.82 Å². The summed E-state index contributed by atoms with van der Waals surface area (Å²) in [7, 11) is 0. The van der Waals surface area contributed by atoms with Crippen molar-refractivity contribution in [3.63, 3.8) is 0 Å². The average molecular weight is 450 g/mol. The number of nitrogens with zero attached hydrogens (tertiary/aromatic N) is 3. The SMILES string of the molecule is C/C(=N\O)c1ccc(OC(=O)CCC(=O)OCC(O)OC(O)n2ccc(N)nc2=O)cc1. The smallest absolute Gasteiger partial charge is 0.353 e. The summed E-state index contributed by atoms with van der Waals surface area (Å²) in [5, 5.41) is 31.3. The number of hydrogen-bond donors (Lipinski definition) is 4. The van der Waals surface area contributed by atoms with Gasteiger partial charge in [0.1, 0.15) is 18.2 Å². The highest BCUT2D eigenvalue weighted by molar-refractivity contribution is 5.98. The number of oxime groups is 1. The molecule has 0 aliphatic rings. The molecule has 0 spiro atoms. The number of nitrogens with two attached hydrogens (primary N) is 1. The molecular weight excluding hydrogens is 428 g/mol. The first kappa shape index (κ1) is 24.5. The lowest BCUT2D eigenvalue weighted by Crippen LogP contribution is -2.32. The fourth-order valence-corrected chi connectivity index (χ4v) is 2.28. The highest BCUT2D eigenvalue weighted by Crippen LogP contribution is 2.14. The topological polar surface area (TPSA) is 196 Å². The molecule has 0 radical (unpaired) electrons. The van der Waals surface area contributed by atoms with Crippen LogP contribution in [0.5, 0.6) is 5.75 Å². The average Bonchev–Trinajstić information content (AvgIpc) is 2.76. The Morgan fingerprint density at radius 3 is 2.44 bits per heavy atom. The van der Waals surface area contributed by atoms with Crippen LogP contribution >= 0.6 is 0 Å². The van der Waals surface area contributed by atoms with Crippen LogP contribution in [0.15, 0.2) is 46.5 Å². The van der Waals surface area contributed by atoms with E-state index >= 15 is 0 Å². The molecule has 0 aliphatic carbocycles. The summed E-state index contributed by atoms with van der Waals surface area (Å²) in [5.74, 6) is -1.34. The molecule has 1 heterocycles. The third-order valence-corrected chi connectivity index (χ3v) is 3.94. The van der Waals surface area contributed by atoms with Gasteiger partial charge in [0.15, 0.2) is 6.29 Å². The van der Waals surface area contributed by atoms with E-state index in [0.29, 0.717) is 15.8 Å². The lowest BCUT2D eigenvalue weighted by molar-refractivity contribution is -0.256. The number of rotatable bonds is 10. The zero-order chi connectivity index (χ0) is 23.7. The second-order valence-electron chi connectivity index (χ2n) is 6.33. The predicted molar refractivity (Wildman–Crippen MR) is 108 cm³/mol. The molecule has 2 aromatic rings. The van der Waals surface area contributed by atoms with Crippen LogP contribution in [-0.2, 0) is 19.1 Å². The highest BCUT2D eigenvalue weighted by Gasteiger charge is 2.18. The summed E-state index contributed by atoms with van der Waals surface area (Å²) in [6, 6.07) is 7.42. The Hall–Kier alpha value is -3.81. The lowest BCUT2D eigenvalue weighted by Gasteiger charge is -2.18.